The minimum absolute atomic E-state index is 0.00618. The maximum atomic E-state index is 12.6. The summed E-state index contributed by atoms with van der Waals surface area (Å²) in [4.78, 5) is 26.9. The zero-order valence-corrected chi connectivity index (χ0v) is 18.8. The summed E-state index contributed by atoms with van der Waals surface area (Å²) in [5.74, 6) is 2.23. The highest BCUT2D eigenvalue weighted by molar-refractivity contribution is 5.95. The third-order valence-corrected chi connectivity index (χ3v) is 5.33. The van der Waals surface area contributed by atoms with Crippen LogP contribution in [0.2, 0.25) is 0 Å². The Balaban J connectivity index is 1.44. The van der Waals surface area contributed by atoms with Crippen LogP contribution in [-0.2, 0) is 4.79 Å². The molecule has 8 heteroatoms. The summed E-state index contributed by atoms with van der Waals surface area (Å²) in [7, 11) is 3.09. The summed E-state index contributed by atoms with van der Waals surface area (Å²) in [5.41, 5.74) is 0.505. The Labute approximate surface area is 188 Å². The molecule has 2 aromatic rings. The Morgan fingerprint density at radius 2 is 1.56 bits per heavy atom. The van der Waals surface area contributed by atoms with Gasteiger partial charge in [0.15, 0.2) is 18.1 Å². The first-order valence-electron chi connectivity index (χ1n) is 10.7. The van der Waals surface area contributed by atoms with Gasteiger partial charge < -0.3 is 29.2 Å². The topological polar surface area (TPSA) is 86.3 Å². The molecule has 1 fully saturated rings. The molecule has 0 atom stereocenters. The molecule has 2 aromatic carbocycles. The lowest BCUT2D eigenvalue weighted by atomic mass is 10.0. The second-order valence-corrected chi connectivity index (χ2v) is 7.39. The molecule has 3 rings (SSSR count). The molecule has 32 heavy (non-hydrogen) atoms. The molecular formula is C24H30N2O6. The first kappa shape index (κ1) is 23.2. The zero-order valence-electron chi connectivity index (χ0n) is 18.8. The maximum absolute atomic E-state index is 12.6. The fourth-order valence-electron chi connectivity index (χ4n) is 3.55. The predicted octanol–water partition coefficient (Wildman–Crippen LogP) is 2.90. The van der Waals surface area contributed by atoms with Gasteiger partial charge in [-0.05, 0) is 62.2 Å². The van der Waals surface area contributed by atoms with E-state index in [9.17, 15) is 9.59 Å². The van der Waals surface area contributed by atoms with E-state index in [1.165, 1.54) is 7.11 Å². The van der Waals surface area contributed by atoms with Gasteiger partial charge in [0.2, 0.25) is 0 Å². The number of rotatable bonds is 9. The molecule has 1 heterocycles. The molecule has 172 valence electrons. The van der Waals surface area contributed by atoms with Gasteiger partial charge in [-0.2, -0.15) is 0 Å². The van der Waals surface area contributed by atoms with Crippen LogP contribution in [0.5, 0.6) is 23.0 Å². The molecule has 1 aliphatic rings. The van der Waals surface area contributed by atoms with Gasteiger partial charge in [0.05, 0.1) is 20.8 Å². The number of methoxy groups -OCH3 is 2. The molecular weight excluding hydrogens is 412 g/mol. The van der Waals surface area contributed by atoms with E-state index in [4.69, 9.17) is 18.9 Å². The van der Waals surface area contributed by atoms with Gasteiger partial charge in [-0.3, -0.25) is 9.59 Å². The number of nitrogens with zero attached hydrogens (tertiary/aromatic N) is 1. The highest BCUT2D eigenvalue weighted by Gasteiger charge is 2.24. The minimum atomic E-state index is -0.172. The molecule has 0 aliphatic carbocycles. The van der Waals surface area contributed by atoms with Crippen LogP contribution in [0.25, 0.3) is 0 Å². The predicted molar refractivity (Wildman–Crippen MR) is 120 cm³/mol. The van der Waals surface area contributed by atoms with Crippen molar-refractivity contribution in [3.05, 3.63) is 48.0 Å². The van der Waals surface area contributed by atoms with Gasteiger partial charge in [0.25, 0.3) is 11.8 Å². The van der Waals surface area contributed by atoms with Crippen LogP contribution in [-0.4, -0.2) is 63.3 Å². The first-order chi connectivity index (χ1) is 15.5. The number of nitrogens with one attached hydrogen (secondary N) is 1. The lowest BCUT2D eigenvalue weighted by Crippen LogP contribution is -2.47. The van der Waals surface area contributed by atoms with Crippen molar-refractivity contribution < 1.29 is 28.5 Å². The van der Waals surface area contributed by atoms with Crippen LogP contribution in [0.15, 0.2) is 42.5 Å². The van der Waals surface area contributed by atoms with Gasteiger partial charge in [-0.1, -0.05) is 0 Å². The van der Waals surface area contributed by atoms with E-state index < -0.39 is 0 Å². The quantitative estimate of drug-likeness (QED) is 0.643. The van der Waals surface area contributed by atoms with Crippen LogP contribution < -0.4 is 24.3 Å². The van der Waals surface area contributed by atoms with Gasteiger partial charge in [-0.15, -0.1) is 0 Å². The third kappa shape index (κ3) is 6.06. The van der Waals surface area contributed by atoms with E-state index in [2.05, 4.69) is 5.32 Å². The molecule has 0 bridgehead atoms. The number of amides is 2. The average molecular weight is 443 g/mol. The Hall–Kier alpha value is -3.42. The van der Waals surface area contributed by atoms with Crippen molar-refractivity contribution in [2.24, 2.45) is 0 Å². The van der Waals surface area contributed by atoms with Crippen molar-refractivity contribution in [1.29, 1.82) is 0 Å². The van der Waals surface area contributed by atoms with Crippen molar-refractivity contribution >= 4 is 11.8 Å². The van der Waals surface area contributed by atoms with Crippen LogP contribution in [0.3, 0.4) is 0 Å². The summed E-state index contributed by atoms with van der Waals surface area (Å²) in [6.07, 6.45) is 1.38. The summed E-state index contributed by atoms with van der Waals surface area (Å²) in [6, 6.07) is 12.3. The molecule has 0 saturated carbocycles. The number of ether oxygens (including phenoxy) is 4. The molecule has 0 spiro atoms. The van der Waals surface area contributed by atoms with Gasteiger partial charge in [0.1, 0.15) is 11.5 Å². The number of hydrogen-bond acceptors (Lipinski definition) is 6. The summed E-state index contributed by atoms with van der Waals surface area (Å²) in [6.45, 7) is 3.65. The number of benzene rings is 2. The number of carbonyl (C=O) groups excluding carboxylic acids is 2. The van der Waals surface area contributed by atoms with Gasteiger partial charge in [0, 0.05) is 24.7 Å². The normalized spacial score (nSPS) is 13.9. The molecule has 8 nitrogen and oxygen atoms in total. The van der Waals surface area contributed by atoms with E-state index in [0.29, 0.717) is 55.4 Å². The summed E-state index contributed by atoms with van der Waals surface area (Å²) >= 11 is 0. The van der Waals surface area contributed by atoms with Crippen molar-refractivity contribution in [2.75, 3.05) is 40.5 Å². The zero-order chi connectivity index (χ0) is 22.9. The lowest BCUT2D eigenvalue weighted by molar-refractivity contribution is -0.134. The number of piperidine rings is 1. The maximum Gasteiger partial charge on any atom is 0.260 e. The van der Waals surface area contributed by atoms with Crippen LogP contribution in [0.1, 0.15) is 30.1 Å². The number of hydrogen-bond donors (Lipinski definition) is 1. The van der Waals surface area contributed by atoms with Crippen molar-refractivity contribution in [1.82, 2.24) is 10.2 Å². The second-order valence-electron chi connectivity index (χ2n) is 7.39. The Morgan fingerprint density at radius 3 is 2.16 bits per heavy atom. The Morgan fingerprint density at radius 1 is 0.938 bits per heavy atom. The van der Waals surface area contributed by atoms with Gasteiger partial charge in [-0.25, -0.2) is 0 Å². The van der Waals surface area contributed by atoms with Crippen LogP contribution >= 0.6 is 0 Å². The first-order valence-corrected chi connectivity index (χ1v) is 10.7. The number of carbonyl (C=O) groups is 2. The molecule has 1 N–H and O–H groups in total. The lowest BCUT2D eigenvalue weighted by Gasteiger charge is -2.32. The second kappa shape index (κ2) is 11.3. The van der Waals surface area contributed by atoms with E-state index in [1.807, 2.05) is 19.1 Å². The molecule has 0 aromatic heterocycles. The molecule has 1 aliphatic heterocycles. The summed E-state index contributed by atoms with van der Waals surface area (Å²) < 4.78 is 21.5. The fraction of sp³-hybridized carbons (Fsp3) is 0.417. The highest BCUT2D eigenvalue weighted by Crippen LogP contribution is 2.27. The average Bonchev–Trinajstić information content (AvgIpc) is 2.83. The smallest absolute Gasteiger partial charge is 0.260 e. The molecule has 1 saturated heterocycles. The molecule has 0 radical (unpaired) electrons. The van der Waals surface area contributed by atoms with Crippen LogP contribution in [0.4, 0.5) is 0 Å². The fourth-order valence-corrected chi connectivity index (χ4v) is 3.55. The third-order valence-electron chi connectivity index (χ3n) is 5.33. The standard InChI is InChI=1S/C24H30N2O6/c1-4-31-19-6-8-20(9-7-19)32-16-23(27)26-13-11-18(12-14-26)25-24(28)17-5-10-21(29-2)22(15-17)30-3/h5-10,15,18H,4,11-14,16H2,1-3H3,(H,25,28). The number of likely N-dealkylation sites (tertiary alicyclic amines) is 1. The molecule has 2 amide bonds. The Kier molecular flexibility index (Phi) is 8.19. The highest BCUT2D eigenvalue weighted by atomic mass is 16.5. The van der Waals surface area contributed by atoms with E-state index in [0.717, 1.165) is 5.75 Å². The van der Waals surface area contributed by atoms with Crippen molar-refractivity contribution in [3.8, 4) is 23.0 Å². The van der Waals surface area contributed by atoms with Crippen molar-refractivity contribution in [2.45, 2.75) is 25.8 Å². The van der Waals surface area contributed by atoms with E-state index >= 15 is 0 Å². The monoisotopic (exact) mass is 442 g/mol. The SMILES string of the molecule is CCOc1ccc(OCC(=O)N2CCC(NC(=O)c3ccc(OC)c(OC)c3)CC2)cc1. The van der Waals surface area contributed by atoms with E-state index in [-0.39, 0.29) is 24.5 Å². The van der Waals surface area contributed by atoms with E-state index in [1.54, 1.807) is 42.3 Å². The largest absolute Gasteiger partial charge is 0.494 e. The molecule has 0 unspecified atom stereocenters. The van der Waals surface area contributed by atoms with Crippen LogP contribution in [0, 0.1) is 0 Å². The Bertz CT molecular complexity index is 907. The van der Waals surface area contributed by atoms with Crippen molar-refractivity contribution in [3.63, 3.8) is 0 Å². The minimum Gasteiger partial charge on any atom is -0.494 e. The summed E-state index contributed by atoms with van der Waals surface area (Å²) in [5, 5.41) is 3.04. The van der Waals surface area contributed by atoms with Gasteiger partial charge >= 0.3 is 0 Å².